The van der Waals surface area contributed by atoms with Gasteiger partial charge in [-0.1, -0.05) is 37.3 Å². The fourth-order valence-electron chi connectivity index (χ4n) is 1.19. The summed E-state index contributed by atoms with van der Waals surface area (Å²) in [4.78, 5) is 11.8. The molecule has 74 valence electrons. The van der Waals surface area contributed by atoms with E-state index in [2.05, 4.69) is 0 Å². The zero-order chi connectivity index (χ0) is 10.4. The molecule has 0 saturated carbocycles. The molecule has 0 fully saturated rings. The quantitative estimate of drug-likeness (QED) is 0.414. The monoisotopic (exact) mass is 190 g/mol. The van der Waals surface area contributed by atoms with Gasteiger partial charge < -0.3 is 4.74 Å². The summed E-state index contributed by atoms with van der Waals surface area (Å²) in [5.74, 6) is 0.355. The molecule has 0 aliphatic rings. The fraction of sp³-hybridized carbons (Fsp3) is 0.250. The van der Waals surface area contributed by atoms with Gasteiger partial charge in [0.1, 0.15) is 0 Å². The minimum Gasteiger partial charge on any atom is -0.493 e. The highest BCUT2D eigenvalue weighted by atomic mass is 16.5. The average Bonchev–Trinajstić information content (AvgIpc) is 2.26. The number of Topliss-reactive ketones (excluding diaryl/α,β-unsaturated/α-hetero) is 1. The molecule has 0 N–H and O–H groups in total. The molecule has 1 aromatic carbocycles. The van der Waals surface area contributed by atoms with Crippen LogP contribution in [0.15, 0.2) is 42.2 Å². The number of ketones is 1. The van der Waals surface area contributed by atoms with Gasteiger partial charge in [-0.05, 0) is 12.5 Å². The van der Waals surface area contributed by atoms with E-state index in [-0.39, 0.29) is 5.78 Å². The Hall–Kier alpha value is -1.57. The first kappa shape index (κ1) is 10.5. The van der Waals surface area contributed by atoms with Crippen LogP contribution < -0.4 is 0 Å². The maximum atomic E-state index is 11.8. The van der Waals surface area contributed by atoms with Crippen molar-refractivity contribution in [3.63, 3.8) is 0 Å². The minimum absolute atomic E-state index is 0.0602. The van der Waals surface area contributed by atoms with E-state index in [1.54, 1.807) is 18.2 Å². The molecule has 0 unspecified atom stereocenters. The van der Waals surface area contributed by atoms with Crippen LogP contribution in [0.1, 0.15) is 23.7 Å². The number of ether oxygens (including phenoxy) is 1. The first-order valence-electron chi connectivity index (χ1n) is 4.63. The van der Waals surface area contributed by atoms with E-state index in [4.69, 9.17) is 4.74 Å². The van der Waals surface area contributed by atoms with E-state index in [9.17, 15) is 4.79 Å². The molecule has 0 radical (unpaired) electrons. The molecule has 2 nitrogen and oxygen atoms in total. The van der Waals surface area contributed by atoms with Crippen LogP contribution in [0.3, 0.4) is 0 Å². The summed E-state index contributed by atoms with van der Waals surface area (Å²) in [6.07, 6.45) is 2.58. The van der Waals surface area contributed by atoms with Gasteiger partial charge in [-0.2, -0.15) is 0 Å². The summed E-state index contributed by atoms with van der Waals surface area (Å²) in [5.41, 5.74) is 0.661. The van der Waals surface area contributed by atoms with E-state index in [0.29, 0.717) is 11.3 Å². The number of benzene rings is 1. The lowest BCUT2D eigenvalue weighted by Gasteiger charge is -2.04. The van der Waals surface area contributed by atoms with Gasteiger partial charge in [0.2, 0.25) is 5.78 Å². The maximum Gasteiger partial charge on any atom is 0.227 e. The molecule has 0 aliphatic heterocycles. The standard InChI is InChI=1S/C12H14O2/c1-3-7-11(14-2)12(13)10-8-5-4-6-9-10/h4-9H,3H2,1-2H3/b11-7-. The van der Waals surface area contributed by atoms with E-state index in [0.717, 1.165) is 6.42 Å². The zero-order valence-corrected chi connectivity index (χ0v) is 8.49. The van der Waals surface area contributed by atoms with Crippen molar-refractivity contribution >= 4 is 5.78 Å². The lowest BCUT2D eigenvalue weighted by atomic mass is 10.1. The van der Waals surface area contributed by atoms with Gasteiger partial charge in [0, 0.05) is 5.56 Å². The summed E-state index contributed by atoms with van der Waals surface area (Å²) in [6, 6.07) is 9.13. The van der Waals surface area contributed by atoms with Crippen molar-refractivity contribution in [3.05, 3.63) is 47.7 Å². The fourth-order valence-corrected chi connectivity index (χ4v) is 1.19. The van der Waals surface area contributed by atoms with Crippen LogP contribution in [0.2, 0.25) is 0 Å². The molecule has 0 aliphatic carbocycles. The van der Waals surface area contributed by atoms with Crippen molar-refractivity contribution in [2.24, 2.45) is 0 Å². The highest BCUT2D eigenvalue weighted by Crippen LogP contribution is 2.09. The van der Waals surface area contributed by atoms with Crippen LogP contribution in [-0.2, 0) is 4.74 Å². The summed E-state index contributed by atoms with van der Waals surface area (Å²) in [7, 11) is 1.52. The Morgan fingerprint density at radius 2 is 2.00 bits per heavy atom. The van der Waals surface area contributed by atoms with Crippen molar-refractivity contribution in [1.29, 1.82) is 0 Å². The predicted octanol–water partition coefficient (Wildman–Crippen LogP) is 2.81. The SMILES string of the molecule is CC/C=C(\OC)C(=O)c1ccccc1. The number of hydrogen-bond donors (Lipinski definition) is 0. The molecule has 0 amide bonds. The van der Waals surface area contributed by atoms with Gasteiger partial charge >= 0.3 is 0 Å². The molecule has 14 heavy (non-hydrogen) atoms. The van der Waals surface area contributed by atoms with Crippen LogP contribution in [0.4, 0.5) is 0 Å². The Kier molecular flexibility index (Phi) is 3.92. The normalized spacial score (nSPS) is 11.1. The Morgan fingerprint density at radius 3 is 2.50 bits per heavy atom. The van der Waals surface area contributed by atoms with Crippen LogP contribution in [-0.4, -0.2) is 12.9 Å². The van der Waals surface area contributed by atoms with Gasteiger partial charge in [-0.3, -0.25) is 4.79 Å². The Morgan fingerprint density at radius 1 is 1.36 bits per heavy atom. The second-order valence-corrected chi connectivity index (χ2v) is 2.88. The van der Waals surface area contributed by atoms with Crippen molar-refractivity contribution in [2.45, 2.75) is 13.3 Å². The predicted molar refractivity (Wildman–Crippen MR) is 56.2 cm³/mol. The summed E-state index contributed by atoms with van der Waals surface area (Å²) < 4.78 is 5.02. The number of methoxy groups -OCH3 is 1. The maximum absolute atomic E-state index is 11.8. The lowest BCUT2D eigenvalue weighted by molar-refractivity contribution is 0.0952. The molecule has 1 rings (SSSR count). The first-order valence-corrected chi connectivity index (χ1v) is 4.63. The number of rotatable bonds is 4. The van der Waals surface area contributed by atoms with Gasteiger partial charge in [0.15, 0.2) is 5.76 Å². The molecule has 0 atom stereocenters. The van der Waals surface area contributed by atoms with Crippen LogP contribution in [0, 0.1) is 0 Å². The number of hydrogen-bond acceptors (Lipinski definition) is 2. The third kappa shape index (κ3) is 2.46. The summed E-state index contributed by atoms with van der Waals surface area (Å²) in [5, 5.41) is 0. The number of allylic oxidation sites excluding steroid dienone is 2. The van der Waals surface area contributed by atoms with Crippen molar-refractivity contribution in [1.82, 2.24) is 0 Å². The van der Waals surface area contributed by atoms with Gasteiger partial charge in [-0.15, -0.1) is 0 Å². The van der Waals surface area contributed by atoms with Crippen molar-refractivity contribution in [3.8, 4) is 0 Å². The molecule has 0 heterocycles. The van der Waals surface area contributed by atoms with Crippen LogP contribution >= 0.6 is 0 Å². The molecule has 0 aromatic heterocycles. The highest BCUT2D eigenvalue weighted by molar-refractivity contribution is 6.07. The Labute approximate surface area is 84.2 Å². The van der Waals surface area contributed by atoms with E-state index >= 15 is 0 Å². The Balaban J connectivity index is 2.90. The van der Waals surface area contributed by atoms with Crippen molar-refractivity contribution < 1.29 is 9.53 Å². The molecule has 2 heteroatoms. The van der Waals surface area contributed by atoms with E-state index in [1.165, 1.54) is 7.11 Å². The average molecular weight is 190 g/mol. The number of carbonyl (C=O) groups excluding carboxylic acids is 1. The minimum atomic E-state index is -0.0602. The van der Waals surface area contributed by atoms with Crippen LogP contribution in [0.25, 0.3) is 0 Å². The highest BCUT2D eigenvalue weighted by Gasteiger charge is 2.10. The second kappa shape index (κ2) is 5.22. The third-order valence-corrected chi connectivity index (χ3v) is 1.87. The largest absolute Gasteiger partial charge is 0.493 e. The molecular formula is C12H14O2. The lowest BCUT2D eigenvalue weighted by Crippen LogP contribution is -2.04. The molecule has 0 spiro atoms. The smallest absolute Gasteiger partial charge is 0.227 e. The molecular weight excluding hydrogens is 176 g/mol. The van der Waals surface area contributed by atoms with Crippen molar-refractivity contribution in [2.75, 3.05) is 7.11 Å². The van der Waals surface area contributed by atoms with Gasteiger partial charge in [0.25, 0.3) is 0 Å². The first-order chi connectivity index (χ1) is 6.79. The number of carbonyl (C=O) groups is 1. The Bertz CT molecular complexity index is 325. The topological polar surface area (TPSA) is 26.3 Å². The molecule has 1 aromatic rings. The van der Waals surface area contributed by atoms with Gasteiger partial charge in [0.05, 0.1) is 7.11 Å². The van der Waals surface area contributed by atoms with Gasteiger partial charge in [-0.25, -0.2) is 0 Å². The zero-order valence-electron chi connectivity index (χ0n) is 8.49. The van der Waals surface area contributed by atoms with E-state index in [1.807, 2.05) is 25.1 Å². The molecule has 0 saturated heterocycles. The third-order valence-electron chi connectivity index (χ3n) is 1.87. The van der Waals surface area contributed by atoms with E-state index < -0.39 is 0 Å². The summed E-state index contributed by atoms with van der Waals surface area (Å²) in [6.45, 7) is 1.97. The summed E-state index contributed by atoms with van der Waals surface area (Å²) >= 11 is 0. The molecule has 0 bridgehead atoms. The van der Waals surface area contributed by atoms with Crippen LogP contribution in [0.5, 0.6) is 0 Å². The second-order valence-electron chi connectivity index (χ2n) is 2.88.